The highest BCUT2D eigenvalue weighted by Gasteiger charge is 2.27. The Kier molecular flexibility index (Phi) is 6.11. The van der Waals surface area contributed by atoms with E-state index in [4.69, 9.17) is 21.1 Å². The SMILES string of the molecule is CC(C)(C)OC(=O)N1CCN(C(=O)COc2ccc(F)c(Cl)c2)CC1. The molecule has 1 heterocycles. The number of rotatable bonds is 3. The van der Waals surface area contributed by atoms with E-state index in [1.165, 1.54) is 18.2 Å². The van der Waals surface area contributed by atoms with Crippen LogP contribution in [-0.4, -0.2) is 60.2 Å². The van der Waals surface area contributed by atoms with Crippen LogP contribution in [0.3, 0.4) is 0 Å². The molecule has 0 unspecified atom stereocenters. The summed E-state index contributed by atoms with van der Waals surface area (Å²) in [4.78, 5) is 27.4. The standard InChI is InChI=1S/C17H22ClFN2O4/c1-17(2,3)25-16(23)21-8-6-20(7-9-21)15(22)11-24-12-4-5-14(19)13(18)10-12/h4-5,10H,6-9,11H2,1-3H3. The van der Waals surface area contributed by atoms with E-state index in [1.807, 2.05) is 20.8 Å². The molecule has 2 rings (SSSR count). The molecule has 1 fully saturated rings. The highest BCUT2D eigenvalue weighted by atomic mass is 35.5. The number of carbonyl (C=O) groups excluding carboxylic acids is 2. The van der Waals surface area contributed by atoms with Gasteiger partial charge in [-0.3, -0.25) is 4.79 Å². The molecular formula is C17H22ClFN2O4. The number of piperazine rings is 1. The molecule has 0 N–H and O–H groups in total. The van der Waals surface area contributed by atoms with E-state index in [-0.39, 0.29) is 23.6 Å². The predicted octanol–water partition coefficient (Wildman–Crippen LogP) is 2.94. The largest absolute Gasteiger partial charge is 0.484 e. The highest BCUT2D eigenvalue weighted by Crippen LogP contribution is 2.21. The summed E-state index contributed by atoms with van der Waals surface area (Å²) in [5.41, 5.74) is -0.547. The zero-order chi connectivity index (χ0) is 18.6. The molecule has 0 saturated carbocycles. The van der Waals surface area contributed by atoms with Crippen LogP contribution >= 0.6 is 11.6 Å². The molecule has 2 amide bonds. The van der Waals surface area contributed by atoms with Crippen molar-refractivity contribution in [2.24, 2.45) is 0 Å². The number of hydrogen-bond acceptors (Lipinski definition) is 4. The van der Waals surface area contributed by atoms with Crippen LogP contribution in [0.25, 0.3) is 0 Å². The summed E-state index contributed by atoms with van der Waals surface area (Å²) in [6.45, 7) is 6.88. The summed E-state index contributed by atoms with van der Waals surface area (Å²) >= 11 is 5.67. The monoisotopic (exact) mass is 372 g/mol. The lowest BCUT2D eigenvalue weighted by molar-refractivity contribution is -0.135. The Labute approximate surface area is 151 Å². The number of nitrogens with zero attached hydrogens (tertiary/aromatic N) is 2. The Hall–Kier alpha value is -2.02. The maximum absolute atomic E-state index is 13.1. The molecule has 1 aliphatic rings. The molecule has 0 aliphatic carbocycles. The van der Waals surface area contributed by atoms with Crippen molar-refractivity contribution in [1.82, 2.24) is 9.80 Å². The van der Waals surface area contributed by atoms with Crippen molar-refractivity contribution >= 4 is 23.6 Å². The summed E-state index contributed by atoms with van der Waals surface area (Å²) in [5.74, 6) is -0.421. The third-order valence-electron chi connectivity index (χ3n) is 3.54. The van der Waals surface area contributed by atoms with Gasteiger partial charge >= 0.3 is 6.09 Å². The first-order valence-electron chi connectivity index (χ1n) is 7.99. The van der Waals surface area contributed by atoms with Gasteiger partial charge in [-0.05, 0) is 32.9 Å². The minimum absolute atomic E-state index is 0.0593. The molecular weight excluding hydrogens is 351 g/mol. The fourth-order valence-electron chi connectivity index (χ4n) is 2.27. The van der Waals surface area contributed by atoms with Crippen molar-refractivity contribution in [1.29, 1.82) is 0 Å². The fraction of sp³-hybridized carbons (Fsp3) is 0.529. The molecule has 1 saturated heterocycles. The lowest BCUT2D eigenvalue weighted by Gasteiger charge is -2.35. The molecule has 0 bridgehead atoms. The van der Waals surface area contributed by atoms with Gasteiger partial charge in [-0.2, -0.15) is 0 Å². The third kappa shape index (κ3) is 5.77. The number of carbonyl (C=O) groups is 2. The minimum atomic E-state index is -0.547. The Morgan fingerprint density at radius 1 is 1.16 bits per heavy atom. The second-order valence-electron chi connectivity index (χ2n) is 6.71. The Morgan fingerprint density at radius 3 is 2.32 bits per heavy atom. The van der Waals surface area contributed by atoms with Crippen molar-refractivity contribution in [3.8, 4) is 5.75 Å². The van der Waals surface area contributed by atoms with E-state index < -0.39 is 11.4 Å². The van der Waals surface area contributed by atoms with E-state index in [0.717, 1.165) is 0 Å². The number of benzene rings is 1. The lowest BCUT2D eigenvalue weighted by atomic mass is 10.2. The molecule has 8 heteroatoms. The average Bonchev–Trinajstić information content (AvgIpc) is 2.54. The number of amides is 2. The molecule has 1 aromatic carbocycles. The maximum atomic E-state index is 13.1. The molecule has 1 aliphatic heterocycles. The summed E-state index contributed by atoms with van der Waals surface area (Å²) in [7, 11) is 0. The number of hydrogen-bond donors (Lipinski definition) is 0. The van der Waals surface area contributed by atoms with Gasteiger partial charge in [0.1, 0.15) is 17.2 Å². The molecule has 25 heavy (non-hydrogen) atoms. The Bertz CT molecular complexity index is 640. The van der Waals surface area contributed by atoms with Gasteiger partial charge in [0.25, 0.3) is 5.91 Å². The van der Waals surface area contributed by atoms with Crippen LogP contribution in [0.2, 0.25) is 5.02 Å². The zero-order valence-corrected chi connectivity index (χ0v) is 15.3. The van der Waals surface area contributed by atoms with Crippen LogP contribution in [-0.2, 0) is 9.53 Å². The van der Waals surface area contributed by atoms with Gasteiger partial charge in [0, 0.05) is 32.2 Å². The van der Waals surface area contributed by atoms with Crippen molar-refractivity contribution in [3.05, 3.63) is 29.0 Å². The third-order valence-corrected chi connectivity index (χ3v) is 3.83. The van der Waals surface area contributed by atoms with E-state index in [0.29, 0.717) is 31.9 Å². The van der Waals surface area contributed by atoms with Gasteiger partial charge in [-0.25, -0.2) is 9.18 Å². The first-order chi connectivity index (χ1) is 11.7. The van der Waals surface area contributed by atoms with Crippen molar-refractivity contribution in [2.75, 3.05) is 32.8 Å². The first-order valence-corrected chi connectivity index (χ1v) is 8.37. The van der Waals surface area contributed by atoms with Crippen LogP contribution in [0.1, 0.15) is 20.8 Å². The number of ether oxygens (including phenoxy) is 2. The predicted molar refractivity (Wildman–Crippen MR) is 91.3 cm³/mol. The van der Waals surface area contributed by atoms with Crippen molar-refractivity contribution < 1.29 is 23.5 Å². The minimum Gasteiger partial charge on any atom is -0.484 e. The smallest absolute Gasteiger partial charge is 0.410 e. The average molecular weight is 373 g/mol. The lowest BCUT2D eigenvalue weighted by Crippen LogP contribution is -2.52. The zero-order valence-electron chi connectivity index (χ0n) is 14.6. The summed E-state index contributed by atoms with van der Waals surface area (Å²) in [5, 5.41) is -0.0593. The van der Waals surface area contributed by atoms with Crippen molar-refractivity contribution in [3.63, 3.8) is 0 Å². The van der Waals surface area contributed by atoms with E-state index in [1.54, 1.807) is 9.80 Å². The van der Waals surface area contributed by atoms with Crippen LogP contribution in [0.4, 0.5) is 9.18 Å². The normalized spacial score (nSPS) is 15.1. The van der Waals surface area contributed by atoms with Gasteiger partial charge < -0.3 is 19.3 Å². The summed E-state index contributed by atoms with van der Waals surface area (Å²) in [6.07, 6.45) is -0.378. The maximum Gasteiger partial charge on any atom is 0.410 e. The van der Waals surface area contributed by atoms with E-state index >= 15 is 0 Å². The van der Waals surface area contributed by atoms with Crippen molar-refractivity contribution in [2.45, 2.75) is 26.4 Å². The Balaban J connectivity index is 1.79. The molecule has 6 nitrogen and oxygen atoms in total. The molecule has 0 aromatic heterocycles. The van der Waals surface area contributed by atoms with Gasteiger partial charge in [0.2, 0.25) is 0 Å². The van der Waals surface area contributed by atoms with Gasteiger partial charge in [0.05, 0.1) is 5.02 Å². The van der Waals surface area contributed by atoms with E-state index in [9.17, 15) is 14.0 Å². The Morgan fingerprint density at radius 2 is 1.76 bits per heavy atom. The van der Waals surface area contributed by atoms with E-state index in [2.05, 4.69) is 0 Å². The fourth-order valence-corrected chi connectivity index (χ4v) is 2.44. The van der Waals surface area contributed by atoms with Crippen LogP contribution < -0.4 is 4.74 Å². The van der Waals surface area contributed by atoms with Gasteiger partial charge in [-0.1, -0.05) is 11.6 Å². The van der Waals surface area contributed by atoms with Crippen LogP contribution in [0, 0.1) is 5.82 Å². The van der Waals surface area contributed by atoms with Gasteiger partial charge in [0.15, 0.2) is 6.61 Å². The molecule has 0 spiro atoms. The van der Waals surface area contributed by atoms with Crippen LogP contribution in [0.15, 0.2) is 18.2 Å². The topological polar surface area (TPSA) is 59.1 Å². The second-order valence-corrected chi connectivity index (χ2v) is 7.12. The molecule has 138 valence electrons. The highest BCUT2D eigenvalue weighted by molar-refractivity contribution is 6.30. The first kappa shape index (κ1) is 19.3. The summed E-state index contributed by atoms with van der Waals surface area (Å²) < 4.78 is 23.8. The molecule has 1 aromatic rings. The molecule has 0 atom stereocenters. The van der Waals surface area contributed by atoms with Crippen LogP contribution in [0.5, 0.6) is 5.75 Å². The summed E-state index contributed by atoms with van der Waals surface area (Å²) in [6, 6.07) is 3.92. The quantitative estimate of drug-likeness (QED) is 0.818. The molecule has 0 radical (unpaired) electrons. The second kappa shape index (κ2) is 7.91. The van der Waals surface area contributed by atoms with Gasteiger partial charge in [-0.15, -0.1) is 0 Å². The number of halogens is 2.